The van der Waals surface area contributed by atoms with Gasteiger partial charge in [0.05, 0.1) is 113 Å². The molecular weight excluding hydrogens is 1950 g/mol. The molecule has 15 rings (SSSR count). The molecule has 4 atom stereocenters. The number of hydrogen-bond acceptors (Lipinski definition) is 21. The van der Waals surface area contributed by atoms with Gasteiger partial charge in [-0.1, -0.05) is 54.6 Å². The van der Waals surface area contributed by atoms with Gasteiger partial charge in [-0.05, 0) is 351 Å². The van der Waals surface area contributed by atoms with Gasteiger partial charge in [0.15, 0.2) is 24.4 Å². The van der Waals surface area contributed by atoms with Gasteiger partial charge in [-0.25, -0.2) is 24.0 Å². The number of aliphatic hydroxyl groups is 1. The van der Waals surface area contributed by atoms with E-state index in [1.54, 1.807) is 169 Å². The molecule has 0 amide bonds. The normalized spacial score (nSPS) is 14.8. The predicted octanol–water partition coefficient (Wildman–Crippen LogP) is 26.1. The molecule has 5 heterocycles. The molecule has 0 aromatic heterocycles. The Bertz CT molecular complexity index is 6130. The van der Waals surface area contributed by atoms with E-state index in [9.17, 15) is 105 Å². The zero-order chi connectivity index (χ0) is 108. The maximum absolute atomic E-state index is 14.1. The van der Waals surface area contributed by atoms with Crippen molar-refractivity contribution < 1.29 is 166 Å². The van der Waals surface area contributed by atoms with E-state index in [-0.39, 0.29) is 27.8 Å². The van der Waals surface area contributed by atoms with Crippen LogP contribution in [0.1, 0.15) is 229 Å². The van der Waals surface area contributed by atoms with Gasteiger partial charge in [-0.15, -0.1) is 0 Å². The van der Waals surface area contributed by atoms with E-state index in [1.807, 2.05) is 12.1 Å². The number of carbonyl (C=O) groups excluding carboxylic acids is 6. The van der Waals surface area contributed by atoms with Crippen molar-refractivity contribution in [3.05, 3.63) is 257 Å². The van der Waals surface area contributed by atoms with Gasteiger partial charge in [0.2, 0.25) is 0 Å². The average molecular weight is 2070 g/mol. The number of phenolic OH excluding ortho intramolecular Hbond substituents is 1. The van der Waals surface area contributed by atoms with Crippen LogP contribution in [0.3, 0.4) is 0 Å². The van der Waals surface area contributed by atoms with Gasteiger partial charge < -0.3 is 71.8 Å². The number of alkyl halides is 15. The van der Waals surface area contributed by atoms with Crippen molar-refractivity contribution in [3.8, 4) is 90.1 Å². The number of hydrogen-bond donors (Lipinski definition) is 2. The molecular formula is C111H115F15O21. The first-order chi connectivity index (χ1) is 68.7. The van der Waals surface area contributed by atoms with Gasteiger partial charge >= 0.3 is 60.7 Å². The van der Waals surface area contributed by atoms with Crippen molar-refractivity contribution in [2.24, 2.45) is 0 Å². The number of carbonyl (C=O) groups is 6. The number of benzene rings is 10. The second kappa shape index (κ2) is 46.5. The number of aryl methyl sites for hydroxylation is 9. The molecule has 21 nitrogen and oxygen atoms in total. The van der Waals surface area contributed by atoms with Crippen molar-refractivity contribution in [1.82, 2.24) is 0 Å². The number of phenols is 1. The maximum atomic E-state index is 14.1. The third kappa shape index (κ3) is 27.6. The smallest absolute Gasteiger partial charge is 0.417 e. The van der Waals surface area contributed by atoms with E-state index in [0.717, 1.165) is 169 Å². The van der Waals surface area contributed by atoms with E-state index < -0.39 is 158 Å². The highest BCUT2D eigenvalue weighted by Crippen LogP contribution is 2.53. The minimum absolute atomic E-state index is 0.0774. The first-order valence-corrected chi connectivity index (χ1v) is 47.0. The lowest BCUT2D eigenvalue weighted by atomic mass is 9.86. The van der Waals surface area contributed by atoms with Gasteiger partial charge in [0.1, 0.15) is 34.5 Å². The molecule has 0 saturated heterocycles. The first-order valence-electron chi connectivity index (χ1n) is 47.0. The average Bonchev–Trinajstić information content (AvgIpc) is 0.807. The van der Waals surface area contributed by atoms with Crippen LogP contribution in [0.25, 0.3) is 55.6 Å². The summed E-state index contributed by atoms with van der Waals surface area (Å²) in [6, 6.07) is 36.5. The minimum atomic E-state index is -4.79. The Balaban J connectivity index is 0.000000175. The summed E-state index contributed by atoms with van der Waals surface area (Å²) in [6.45, 7) is 24.6. The van der Waals surface area contributed by atoms with E-state index in [4.69, 9.17) is 52.1 Å². The summed E-state index contributed by atoms with van der Waals surface area (Å²) in [4.78, 5) is 74.0. The molecule has 147 heavy (non-hydrogen) atoms. The van der Waals surface area contributed by atoms with E-state index in [0.29, 0.717) is 118 Å². The second-order valence-corrected chi connectivity index (χ2v) is 38.3. The molecule has 0 aliphatic carbocycles. The van der Waals surface area contributed by atoms with E-state index >= 15 is 0 Å². The van der Waals surface area contributed by atoms with Gasteiger partial charge in [0.25, 0.3) is 5.78 Å². The Hall–Kier alpha value is -13.2. The fourth-order valence-electron chi connectivity index (χ4n) is 17.9. The lowest BCUT2D eigenvalue weighted by molar-refractivity contribution is -0.167. The number of ether oxygens (including phenoxy) is 13. The van der Waals surface area contributed by atoms with E-state index in [1.165, 1.54) is 24.3 Å². The number of aliphatic hydroxyl groups excluding tert-OH is 1. The second-order valence-electron chi connectivity index (χ2n) is 38.3. The lowest BCUT2D eigenvalue weighted by Crippen LogP contribution is -2.30. The zero-order valence-electron chi connectivity index (χ0n) is 84.2. The number of rotatable bonds is 18. The maximum Gasteiger partial charge on any atom is 0.417 e. The lowest BCUT2D eigenvalue weighted by Gasteiger charge is -2.30. The number of Topliss-reactive ketones (excluding diaryl/α,β-unsaturated/α-hetero) is 1. The summed E-state index contributed by atoms with van der Waals surface area (Å²) < 4.78 is 277. The number of methoxy groups -OCH3 is 5. The molecule has 10 aromatic rings. The molecule has 5 aliphatic heterocycles. The quantitative estimate of drug-likeness (QED) is 0.0266. The Kier molecular flexibility index (Phi) is 36.1. The standard InChI is InChI=1S/2C24H27F3O4.C23H25F3O5.C20H19F3O4.C20H17F3O4/c2*1-14-8-10-17(24(25,26)27)20(21(22(28)29-5)31-23(2,3)4)19(14)16-9-11-18-15(13-16)7-6-12-30-18;1-22(2,3)31-20(21(28)29-4)19-15(23(24,25)26)8-9-16(27)18(19)14-7-10-17-13(12-14)6-5-11-30-17;2*1-11-5-7-14(20(21,22)23)17(18(24)19(25)26-2)16(11)13-6-8-15-12(10-13)4-3-9-27-15/h2*8-11,13,21H,6-7,12H2,1-5H3;7-10,12,20,27H,5-6,11H2,1-4H3;5-8,10,18,24H,3-4,9H2,1-2H3;5-8,10H,3-4,9H2,1-2H3. The highest BCUT2D eigenvalue weighted by molar-refractivity contribution is 6.42. The Morgan fingerprint density at radius 3 is 0.782 bits per heavy atom. The minimum Gasteiger partial charge on any atom is -0.507 e. The topological polar surface area (TPSA) is 263 Å². The van der Waals surface area contributed by atoms with Crippen LogP contribution in [-0.2, 0) is 125 Å². The molecule has 5 aliphatic rings. The SMILES string of the molecule is COC(=O)C(=O)c1c(C(F)(F)F)ccc(C)c1-c1ccc2c(c1)CCCO2.COC(=O)C(O)c1c(C(F)(F)F)ccc(C)c1-c1ccc2c(c1)CCCO2.COC(=O)C(OC(C)(C)C)c1c(C(F)(F)F)ccc(C)c1-c1ccc2c(c1)CCCO2.COC(=O)C(OC(C)(C)C)c1c(C(F)(F)F)ccc(C)c1-c1ccc2c(c1)CCCO2.COC(=O)C(OC(C)(C)C)c1c(C(F)(F)F)ccc(O)c1-c1ccc2c(c1)CCCO2. The number of fused-ring (bicyclic) bond motifs is 5. The fraction of sp³-hybridized carbons (Fsp3) is 0.405. The van der Waals surface area contributed by atoms with Crippen LogP contribution in [-0.4, -0.2) is 131 Å². The molecule has 0 fully saturated rings. The van der Waals surface area contributed by atoms with Gasteiger partial charge in [-0.3, -0.25) is 4.79 Å². The number of halogens is 15. The summed E-state index contributed by atoms with van der Waals surface area (Å²) in [5, 5.41) is 21.0. The predicted molar refractivity (Wildman–Crippen MR) is 514 cm³/mol. The zero-order valence-corrected chi connectivity index (χ0v) is 84.2. The van der Waals surface area contributed by atoms with Crippen LogP contribution >= 0.6 is 0 Å². The third-order valence-electron chi connectivity index (χ3n) is 24.3. The summed E-state index contributed by atoms with van der Waals surface area (Å²) >= 11 is 0. The van der Waals surface area contributed by atoms with Crippen LogP contribution in [0, 0.1) is 27.7 Å². The summed E-state index contributed by atoms with van der Waals surface area (Å²) in [5.74, 6) is -3.46. The highest BCUT2D eigenvalue weighted by Gasteiger charge is 2.48. The van der Waals surface area contributed by atoms with Gasteiger partial charge in [0, 0.05) is 33.4 Å². The molecule has 0 bridgehead atoms. The molecule has 36 heteroatoms. The molecule has 0 saturated carbocycles. The van der Waals surface area contributed by atoms with Crippen LogP contribution in [0.4, 0.5) is 65.9 Å². The molecule has 0 spiro atoms. The van der Waals surface area contributed by atoms with Crippen molar-refractivity contribution >= 4 is 35.6 Å². The highest BCUT2D eigenvalue weighted by atomic mass is 19.4. The summed E-state index contributed by atoms with van der Waals surface area (Å²) in [7, 11) is 5.33. The molecule has 2 N–H and O–H groups in total. The van der Waals surface area contributed by atoms with Crippen LogP contribution < -0.4 is 23.7 Å². The molecule has 0 radical (unpaired) electrons. The number of esters is 5. The Labute approximate surface area is 840 Å². The fourth-order valence-corrected chi connectivity index (χ4v) is 17.9. The molecule has 10 aromatic carbocycles. The largest absolute Gasteiger partial charge is 0.507 e. The first kappa shape index (κ1) is 114. The molecule has 790 valence electrons. The van der Waals surface area contributed by atoms with Gasteiger partial charge in [-0.2, -0.15) is 65.9 Å². The summed E-state index contributed by atoms with van der Waals surface area (Å²) in [5.41, 5.74) is -0.226. The Morgan fingerprint density at radius 1 is 0.293 bits per heavy atom. The van der Waals surface area contributed by atoms with E-state index in [2.05, 4.69) is 9.47 Å². The van der Waals surface area contributed by atoms with Crippen LogP contribution in [0.5, 0.6) is 34.5 Å². The van der Waals surface area contributed by atoms with Crippen LogP contribution in [0.15, 0.2) is 152 Å². The monoisotopic (exact) mass is 2070 g/mol. The van der Waals surface area contributed by atoms with Crippen molar-refractivity contribution in [2.75, 3.05) is 68.6 Å². The Morgan fingerprint density at radius 2 is 0.524 bits per heavy atom. The van der Waals surface area contributed by atoms with Crippen molar-refractivity contribution in [3.63, 3.8) is 0 Å². The molecule has 4 unspecified atom stereocenters. The van der Waals surface area contributed by atoms with Crippen LogP contribution in [0.2, 0.25) is 0 Å². The van der Waals surface area contributed by atoms with Crippen molar-refractivity contribution in [1.29, 1.82) is 0 Å². The number of aromatic hydroxyl groups is 1. The van der Waals surface area contributed by atoms with Crippen molar-refractivity contribution in [2.45, 2.75) is 226 Å². The summed E-state index contributed by atoms with van der Waals surface area (Å²) in [6.07, 6.45) is -22.7. The number of ketones is 1. The third-order valence-corrected chi connectivity index (χ3v) is 24.3.